The molecule has 0 atom stereocenters. The normalized spacial score (nSPS) is 11.5. The average Bonchev–Trinajstić information content (AvgIpc) is 1.05. The average molecular weight is 1480 g/mol. The van der Waals surface area contributed by atoms with E-state index in [0.717, 1.165) is 5.69 Å². The van der Waals surface area contributed by atoms with E-state index >= 15 is 0 Å². The first kappa shape index (κ1) is 69.0. The number of para-hydroxylation sites is 3. The molecule has 0 N–H and O–H groups in total. The highest BCUT2D eigenvalue weighted by molar-refractivity contribution is 6.24. The maximum Gasteiger partial charge on any atom is 0.0541 e. The first-order chi connectivity index (χ1) is 57.3. The van der Waals surface area contributed by atoms with Gasteiger partial charge in [0.2, 0.25) is 0 Å². The monoisotopic (exact) mass is 1470 g/mol. The SMILES string of the molecule is Cc1ccc2c(-c3ccc(-c4ccc5c(c4)c4cc(-c6ccccc6)ccc4n5-c4ccccc4)cc3)c3cc(C)ccc3c(-c3ccc(-c4ccc(-c5ccccc5)cc4)cc3)c2c1.c1ccc(-c2cccc(-c3c4ccccc4c(-c4ccc(-c5ccc6c(c5)c5ccccc5n6-c5ccccc5)cc4)c4ccccc34)c2)cc1. The van der Waals surface area contributed by atoms with Gasteiger partial charge in [0.1, 0.15) is 0 Å². The van der Waals surface area contributed by atoms with Gasteiger partial charge in [-0.05, 0) is 241 Å². The fourth-order valence-electron chi connectivity index (χ4n) is 18.2. The molecule has 0 aliphatic heterocycles. The Hall–Kier alpha value is -15.0. The van der Waals surface area contributed by atoms with Gasteiger partial charge in [-0.3, -0.25) is 0 Å². The molecule has 544 valence electrons. The van der Waals surface area contributed by atoms with Gasteiger partial charge >= 0.3 is 0 Å². The van der Waals surface area contributed by atoms with Gasteiger partial charge in [0.05, 0.1) is 22.1 Å². The van der Waals surface area contributed by atoms with E-state index < -0.39 is 0 Å². The molecule has 116 heavy (non-hydrogen) atoms. The van der Waals surface area contributed by atoms with Crippen molar-refractivity contribution < 1.29 is 0 Å². The van der Waals surface area contributed by atoms with Gasteiger partial charge in [-0.25, -0.2) is 0 Å². The summed E-state index contributed by atoms with van der Waals surface area (Å²) in [5, 5.41) is 15.2. The van der Waals surface area contributed by atoms with Crippen molar-refractivity contribution in [1.82, 2.24) is 9.13 Å². The van der Waals surface area contributed by atoms with Gasteiger partial charge in [-0.15, -0.1) is 0 Å². The third kappa shape index (κ3) is 12.4. The highest BCUT2D eigenvalue weighted by Crippen LogP contribution is 2.49. The predicted molar refractivity (Wildman–Crippen MR) is 495 cm³/mol. The van der Waals surface area contributed by atoms with Gasteiger partial charge in [0.15, 0.2) is 0 Å². The maximum absolute atomic E-state index is 2.40. The Labute approximate surface area is 675 Å². The molecule has 0 unspecified atom stereocenters. The summed E-state index contributed by atoms with van der Waals surface area (Å²) < 4.78 is 4.77. The predicted octanol–water partition coefficient (Wildman–Crippen LogP) is 31.5. The summed E-state index contributed by atoms with van der Waals surface area (Å²) in [5.41, 5.74) is 34.3. The molecule has 0 spiro atoms. The molecule has 0 fully saturated rings. The van der Waals surface area contributed by atoms with Crippen LogP contribution in [0.5, 0.6) is 0 Å². The highest BCUT2D eigenvalue weighted by atomic mass is 15.0. The molecule has 0 aliphatic rings. The Kier molecular flexibility index (Phi) is 17.4. The Balaban J connectivity index is 0.000000149. The molecular weight excluding hydrogens is 1400 g/mol. The van der Waals surface area contributed by atoms with E-state index in [1.807, 2.05) is 0 Å². The smallest absolute Gasteiger partial charge is 0.0541 e. The molecule has 2 aromatic heterocycles. The lowest BCUT2D eigenvalue weighted by Crippen LogP contribution is -1.93. The van der Waals surface area contributed by atoms with Crippen LogP contribution in [0, 0.1) is 13.8 Å². The van der Waals surface area contributed by atoms with Crippen LogP contribution in [0.3, 0.4) is 0 Å². The van der Waals surface area contributed by atoms with Crippen molar-refractivity contribution in [2.75, 3.05) is 0 Å². The molecule has 22 rings (SSSR count). The van der Waals surface area contributed by atoms with Crippen LogP contribution in [0.15, 0.2) is 437 Å². The van der Waals surface area contributed by atoms with E-state index in [1.54, 1.807) is 0 Å². The molecule has 22 aromatic rings. The molecule has 0 aliphatic carbocycles. The maximum atomic E-state index is 2.40. The molecule has 0 bridgehead atoms. The molecule has 0 radical (unpaired) electrons. The van der Waals surface area contributed by atoms with Gasteiger partial charge in [-0.2, -0.15) is 0 Å². The highest BCUT2D eigenvalue weighted by Gasteiger charge is 2.23. The molecule has 20 aromatic carbocycles. The summed E-state index contributed by atoms with van der Waals surface area (Å²) in [7, 11) is 0. The fraction of sp³-hybridized carbons (Fsp3) is 0.0175. The Morgan fingerprint density at radius 1 is 0.129 bits per heavy atom. The number of nitrogens with zero attached hydrogens (tertiary/aromatic N) is 2. The third-order valence-corrected chi connectivity index (χ3v) is 23.7. The van der Waals surface area contributed by atoms with Crippen LogP contribution in [0.4, 0.5) is 0 Å². The fourth-order valence-corrected chi connectivity index (χ4v) is 18.2. The molecule has 2 heterocycles. The van der Waals surface area contributed by atoms with Crippen LogP contribution < -0.4 is 0 Å². The minimum absolute atomic E-state index is 1.16. The zero-order chi connectivity index (χ0) is 77.2. The van der Waals surface area contributed by atoms with Crippen LogP contribution in [0.1, 0.15) is 11.1 Å². The van der Waals surface area contributed by atoms with E-state index in [1.165, 1.54) is 215 Å². The zero-order valence-electron chi connectivity index (χ0n) is 64.5. The van der Waals surface area contributed by atoms with Gasteiger partial charge in [-0.1, -0.05) is 375 Å². The van der Waals surface area contributed by atoms with Crippen LogP contribution in [-0.2, 0) is 0 Å². The van der Waals surface area contributed by atoms with E-state index in [2.05, 4.69) is 460 Å². The Morgan fingerprint density at radius 3 is 0.741 bits per heavy atom. The third-order valence-electron chi connectivity index (χ3n) is 23.7. The molecule has 2 nitrogen and oxygen atoms in total. The lowest BCUT2D eigenvalue weighted by Gasteiger charge is -2.19. The summed E-state index contributed by atoms with van der Waals surface area (Å²) in [6, 6.07) is 160. The van der Waals surface area contributed by atoms with Crippen molar-refractivity contribution in [3.63, 3.8) is 0 Å². The summed E-state index contributed by atoms with van der Waals surface area (Å²) in [4.78, 5) is 0. The molecule has 0 saturated carbocycles. The largest absolute Gasteiger partial charge is 0.309 e. The second-order valence-corrected chi connectivity index (χ2v) is 30.7. The summed E-state index contributed by atoms with van der Waals surface area (Å²) in [6.07, 6.45) is 0. The topological polar surface area (TPSA) is 9.86 Å². The quantitative estimate of drug-likeness (QED) is 0.108. The van der Waals surface area contributed by atoms with Gasteiger partial charge in [0.25, 0.3) is 0 Å². The van der Waals surface area contributed by atoms with E-state index in [-0.39, 0.29) is 0 Å². The van der Waals surface area contributed by atoms with E-state index in [4.69, 9.17) is 0 Å². The minimum atomic E-state index is 1.16. The number of fused-ring (bicyclic) bond motifs is 10. The van der Waals surface area contributed by atoms with E-state index in [0.29, 0.717) is 0 Å². The lowest BCUT2D eigenvalue weighted by molar-refractivity contribution is 1.18. The van der Waals surface area contributed by atoms with Crippen molar-refractivity contribution in [2.45, 2.75) is 13.8 Å². The number of aromatic nitrogens is 2. The number of hydrogen-bond donors (Lipinski definition) is 0. The van der Waals surface area contributed by atoms with Crippen molar-refractivity contribution in [2.24, 2.45) is 0 Å². The van der Waals surface area contributed by atoms with Crippen LogP contribution in [0.2, 0.25) is 0 Å². The second kappa shape index (κ2) is 29.3. The standard InChI is InChI=1S/C64H45N.C50H33N/c1-42-19-35-56-59(38-42)63(50-28-24-48(25-29-50)47-22-20-46(21-23-47)44-12-6-3-7-13-44)55-34-18-43(2)39-60(55)64(56)51-30-26-49(27-31-51)53-33-37-62-58(41-53)57-40-52(45-14-8-4-9-15-45)32-36-61(57)65(62)54-16-10-5-11-17-54;1-3-14-34(15-4-1)37-16-13-17-39(32-37)50-44-23-9-7-21-42(44)49(43-22-8-10-24-45(43)50)36-28-26-35(27-29-36)38-30-31-48-46(33-38)41-20-11-12-25-47(41)51(48)40-18-5-2-6-19-40/h3-41H,1-2H3;1-33H. The molecule has 2 heteroatoms. The van der Waals surface area contributed by atoms with Crippen LogP contribution in [-0.4, -0.2) is 9.13 Å². The molecular formula is C114H78N2. The zero-order valence-corrected chi connectivity index (χ0v) is 64.5. The Bertz CT molecular complexity index is 7430. The number of hydrogen-bond acceptors (Lipinski definition) is 0. The van der Waals surface area contributed by atoms with Crippen LogP contribution >= 0.6 is 0 Å². The first-order valence-electron chi connectivity index (χ1n) is 40.2. The van der Waals surface area contributed by atoms with Crippen molar-refractivity contribution in [1.29, 1.82) is 0 Å². The Morgan fingerprint density at radius 2 is 0.362 bits per heavy atom. The van der Waals surface area contributed by atoms with Crippen molar-refractivity contribution >= 4 is 86.7 Å². The first-order valence-corrected chi connectivity index (χ1v) is 40.2. The lowest BCUT2D eigenvalue weighted by atomic mass is 9.84. The van der Waals surface area contributed by atoms with Gasteiger partial charge < -0.3 is 9.13 Å². The van der Waals surface area contributed by atoms with Gasteiger partial charge in [0, 0.05) is 32.9 Å². The minimum Gasteiger partial charge on any atom is -0.309 e. The van der Waals surface area contributed by atoms with Crippen molar-refractivity contribution in [3.05, 3.63) is 448 Å². The summed E-state index contributed by atoms with van der Waals surface area (Å²) in [5.74, 6) is 0. The van der Waals surface area contributed by atoms with Crippen molar-refractivity contribution in [3.8, 4) is 123 Å². The summed E-state index contributed by atoms with van der Waals surface area (Å²) >= 11 is 0. The number of benzene rings is 20. The molecule has 0 amide bonds. The second-order valence-electron chi connectivity index (χ2n) is 30.7. The van der Waals surface area contributed by atoms with Crippen LogP contribution in [0.25, 0.3) is 209 Å². The number of aryl methyl sites for hydroxylation is 2. The van der Waals surface area contributed by atoms with E-state index in [9.17, 15) is 0 Å². The molecule has 0 saturated heterocycles. The summed E-state index contributed by atoms with van der Waals surface area (Å²) in [6.45, 7) is 4.41. The number of rotatable bonds is 12.